The Morgan fingerprint density at radius 1 is 1.39 bits per heavy atom. The van der Waals surface area contributed by atoms with Crippen LogP contribution < -0.4 is 10.1 Å². The summed E-state index contributed by atoms with van der Waals surface area (Å²) < 4.78 is 18.2. The second-order valence-electron chi connectivity index (χ2n) is 4.76. The van der Waals surface area contributed by atoms with Crippen molar-refractivity contribution in [3.63, 3.8) is 0 Å². The Hall–Kier alpha value is -1.13. The minimum Gasteiger partial charge on any atom is -0.493 e. The first-order valence-corrected chi connectivity index (χ1v) is 6.53. The third-order valence-electron chi connectivity index (χ3n) is 3.38. The molecule has 0 spiro atoms. The van der Waals surface area contributed by atoms with Crippen LogP contribution in [0.3, 0.4) is 0 Å². The van der Waals surface area contributed by atoms with E-state index in [1.165, 1.54) is 12.1 Å². The fraction of sp³-hybridized carbons (Fsp3) is 0.571. The zero-order valence-corrected chi connectivity index (χ0v) is 10.4. The SMILES string of the molecule is OC(CCOc1ccc(F)cc1)C1CCCNC1. The number of piperidine rings is 1. The Morgan fingerprint density at radius 3 is 2.83 bits per heavy atom. The van der Waals surface area contributed by atoms with Crippen molar-refractivity contribution in [2.45, 2.75) is 25.4 Å². The molecule has 0 bridgehead atoms. The van der Waals surface area contributed by atoms with Gasteiger partial charge in [0.2, 0.25) is 0 Å². The highest BCUT2D eigenvalue weighted by Gasteiger charge is 2.21. The highest BCUT2D eigenvalue weighted by atomic mass is 19.1. The first-order chi connectivity index (χ1) is 8.75. The van der Waals surface area contributed by atoms with E-state index in [0.717, 1.165) is 25.9 Å². The second-order valence-corrected chi connectivity index (χ2v) is 4.76. The second kappa shape index (κ2) is 6.71. The zero-order chi connectivity index (χ0) is 12.8. The quantitative estimate of drug-likeness (QED) is 0.843. The van der Waals surface area contributed by atoms with Gasteiger partial charge in [0.05, 0.1) is 12.7 Å². The third kappa shape index (κ3) is 3.96. The molecule has 0 amide bonds. The van der Waals surface area contributed by atoms with Crippen LogP contribution in [0.4, 0.5) is 4.39 Å². The molecule has 4 heteroatoms. The first kappa shape index (κ1) is 13.3. The third-order valence-corrected chi connectivity index (χ3v) is 3.38. The topological polar surface area (TPSA) is 41.5 Å². The predicted molar refractivity (Wildman–Crippen MR) is 68.1 cm³/mol. The number of ether oxygens (including phenoxy) is 1. The number of aliphatic hydroxyl groups is 1. The van der Waals surface area contributed by atoms with Crippen molar-refractivity contribution in [2.75, 3.05) is 19.7 Å². The molecule has 1 aliphatic rings. The van der Waals surface area contributed by atoms with E-state index in [2.05, 4.69) is 5.32 Å². The van der Waals surface area contributed by atoms with Crippen LogP contribution in [-0.2, 0) is 0 Å². The molecule has 1 saturated heterocycles. The van der Waals surface area contributed by atoms with Gasteiger partial charge in [-0.25, -0.2) is 4.39 Å². The number of hydrogen-bond donors (Lipinski definition) is 2. The molecule has 1 aromatic carbocycles. The minimum absolute atomic E-state index is 0.268. The van der Waals surface area contributed by atoms with Gasteiger partial charge >= 0.3 is 0 Å². The number of rotatable bonds is 5. The van der Waals surface area contributed by atoms with Gasteiger partial charge in [-0.15, -0.1) is 0 Å². The summed E-state index contributed by atoms with van der Waals surface area (Å²) in [4.78, 5) is 0. The van der Waals surface area contributed by atoms with Crippen LogP contribution in [0.5, 0.6) is 5.75 Å². The molecule has 2 N–H and O–H groups in total. The summed E-state index contributed by atoms with van der Waals surface area (Å²) >= 11 is 0. The van der Waals surface area contributed by atoms with E-state index in [-0.39, 0.29) is 11.9 Å². The molecule has 100 valence electrons. The minimum atomic E-state index is -0.321. The molecule has 1 aromatic rings. The maximum Gasteiger partial charge on any atom is 0.123 e. The van der Waals surface area contributed by atoms with E-state index < -0.39 is 0 Å². The maximum atomic E-state index is 12.7. The lowest BCUT2D eigenvalue weighted by Crippen LogP contribution is -2.37. The van der Waals surface area contributed by atoms with Crippen molar-refractivity contribution in [1.29, 1.82) is 0 Å². The van der Waals surface area contributed by atoms with Crippen LogP contribution in [0.15, 0.2) is 24.3 Å². The number of nitrogens with one attached hydrogen (secondary N) is 1. The first-order valence-electron chi connectivity index (χ1n) is 6.53. The van der Waals surface area contributed by atoms with Crippen molar-refractivity contribution in [2.24, 2.45) is 5.92 Å². The molecule has 0 radical (unpaired) electrons. The molecular weight excluding hydrogens is 233 g/mol. The molecule has 1 fully saturated rings. The monoisotopic (exact) mass is 253 g/mol. The molecular formula is C14H20FNO2. The Bertz CT molecular complexity index is 349. The van der Waals surface area contributed by atoms with Gasteiger partial charge in [-0.2, -0.15) is 0 Å². The zero-order valence-electron chi connectivity index (χ0n) is 10.4. The predicted octanol–water partition coefficient (Wildman–Crippen LogP) is 1.96. The summed E-state index contributed by atoms with van der Waals surface area (Å²) in [6, 6.07) is 5.95. The van der Waals surface area contributed by atoms with Gasteiger partial charge in [-0.1, -0.05) is 0 Å². The van der Waals surface area contributed by atoms with Gasteiger partial charge in [0.1, 0.15) is 11.6 Å². The normalized spacial score (nSPS) is 21.6. The lowest BCUT2D eigenvalue weighted by molar-refractivity contribution is 0.0702. The maximum absolute atomic E-state index is 12.7. The largest absolute Gasteiger partial charge is 0.493 e. The van der Waals surface area contributed by atoms with E-state index in [1.807, 2.05) is 0 Å². The van der Waals surface area contributed by atoms with Crippen molar-refractivity contribution in [1.82, 2.24) is 5.32 Å². The van der Waals surface area contributed by atoms with Gasteiger partial charge in [-0.05, 0) is 49.6 Å². The van der Waals surface area contributed by atoms with Gasteiger partial charge in [0.25, 0.3) is 0 Å². The Labute approximate surface area is 107 Å². The van der Waals surface area contributed by atoms with E-state index >= 15 is 0 Å². The molecule has 2 atom stereocenters. The molecule has 2 rings (SSSR count). The van der Waals surface area contributed by atoms with Crippen LogP contribution in [0.1, 0.15) is 19.3 Å². The molecule has 0 aliphatic carbocycles. The molecule has 1 heterocycles. The van der Waals surface area contributed by atoms with Crippen LogP contribution >= 0.6 is 0 Å². The van der Waals surface area contributed by atoms with Crippen LogP contribution in [-0.4, -0.2) is 30.9 Å². The summed E-state index contributed by atoms with van der Waals surface area (Å²) in [6.07, 6.45) is 2.49. The average molecular weight is 253 g/mol. The van der Waals surface area contributed by atoms with Crippen LogP contribution in [0.25, 0.3) is 0 Å². The average Bonchev–Trinajstić information content (AvgIpc) is 2.42. The van der Waals surface area contributed by atoms with Crippen molar-refractivity contribution in [3.05, 3.63) is 30.1 Å². The van der Waals surface area contributed by atoms with Crippen molar-refractivity contribution >= 4 is 0 Å². The molecule has 2 unspecified atom stereocenters. The Kier molecular flexibility index (Phi) is 4.96. The molecule has 0 aromatic heterocycles. The van der Waals surface area contributed by atoms with Gasteiger partial charge in [0.15, 0.2) is 0 Å². The lowest BCUT2D eigenvalue weighted by Gasteiger charge is -2.27. The van der Waals surface area contributed by atoms with E-state index in [0.29, 0.717) is 24.7 Å². The van der Waals surface area contributed by atoms with Gasteiger partial charge < -0.3 is 15.2 Å². The van der Waals surface area contributed by atoms with Crippen LogP contribution in [0, 0.1) is 11.7 Å². The van der Waals surface area contributed by atoms with Crippen molar-refractivity contribution in [3.8, 4) is 5.75 Å². The summed E-state index contributed by atoms with van der Waals surface area (Å²) in [6.45, 7) is 2.40. The Balaban J connectivity index is 1.69. The van der Waals surface area contributed by atoms with Crippen molar-refractivity contribution < 1.29 is 14.2 Å². The van der Waals surface area contributed by atoms with E-state index in [1.54, 1.807) is 12.1 Å². The lowest BCUT2D eigenvalue weighted by atomic mass is 9.92. The fourth-order valence-corrected chi connectivity index (χ4v) is 2.27. The molecule has 1 aliphatic heterocycles. The highest BCUT2D eigenvalue weighted by molar-refractivity contribution is 5.21. The number of halogens is 1. The standard InChI is InChI=1S/C14H20FNO2/c15-12-3-5-13(6-4-12)18-9-7-14(17)11-2-1-8-16-10-11/h3-6,11,14,16-17H,1-2,7-10H2. The fourth-order valence-electron chi connectivity index (χ4n) is 2.27. The van der Waals surface area contributed by atoms with Gasteiger partial charge in [0, 0.05) is 13.0 Å². The molecule has 18 heavy (non-hydrogen) atoms. The summed E-state index contributed by atoms with van der Waals surface area (Å²) in [5, 5.41) is 13.3. The molecule has 0 saturated carbocycles. The number of aliphatic hydroxyl groups excluding tert-OH is 1. The highest BCUT2D eigenvalue weighted by Crippen LogP contribution is 2.17. The van der Waals surface area contributed by atoms with E-state index in [4.69, 9.17) is 4.74 Å². The number of hydrogen-bond acceptors (Lipinski definition) is 3. The molecule has 3 nitrogen and oxygen atoms in total. The smallest absolute Gasteiger partial charge is 0.123 e. The number of benzene rings is 1. The van der Waals surface area contributed by atoms with E-state index in [9.17, 15) is 9.50 Å². The Morgan fingerprint density at radius 2 is 2.17 bits per heavy atom. The van der Waals surface area contributed by atoms with Crippen LogP contribution in [0.2, 0.25) is 0 Å². The summed E-state index contributed by atoms with van der Waals surface area (Å²) in [7, 11) is 0. The van der Waals surface area contributed by atoms with Gasteiger partial charge in [-0.3, -0.25) is 0 Å². The summed E-state index contributed by atoms with van der Waals surface area (Å²) in [5.74, 6) is 0.705. The summed E-state index contributed by atoms with van der Waals surface area (Å²) in [5.41, 5.74) is 0.